The fraction of sp³-hybridized carbons (Fsp3) is 0.600. The Hall–Kier alpha value is -0.600. The van der Waals surface area contributed by atoms with E-state index < -0.39 is 0 Å². The normalized spacial score (nSPS) is 13.7. The molecule has 0 heterocycles. The van der Waals surface area contributed by atoms with Gasteiger partial charge in [-0.1, -0.05) is 45.4 Å². The van der Waals surface area contributed by atoms with Gasteiger partial charge in [-0.2, -0.15) is 0 Å². The van der Waals surface area contributed by atoms with Gasteiger partial charge in [0, 0.05) is 0 Å². The first-order chi connectivity index (χ1) is 8.34. The molecule has 18 heavy (non-hydrogen) atoms. The molecule has 0 saturated heterocycles. The summed E-state index contributed by atoms with van der Waals surface area (Å²) < 4.78 is 13.4. The van der Waals surface area contributed by atoms with Gasteiger partial charge in [0.1, 0.15) is 5.82 Å². The van der Waals surface area contributed by atoms with E-state index in [0.717, 1.165) is 25.1 Å². The second-order valence-corrected chi connectivity index (χ2v) is 6.23. The van der Waals surface area contributed by atoms with E-state index in [1.54, 1.807) is 12.1 Å². The molecule has 0 spiro atoms. The van der Waals surface area contributed by atoms with Crippen molar-refractivity contribution in [2.75, 3.05) is 13.1 Å². The van der Waals surface area contributed by atoms with E-state index >= 15 is 0 Å². The Morgan fingerprint density at radius 2 is 2.00 bits per heavy atom. The molecule has 0 aromatic heterocycles. The van der Waals surface area contributed by atoms with E-state index in [4.69, 9.17) is 11.6 Å². The minimum absolute atomic E-state index is 0.192. The van der Waals surface area contributed by atoms with Crippen LogP contribution in [-0.2, 0) is 6.42 Å². The lowest BCUT2D eigenvalue weighted by Gasteiger charge is -2.31. The molecule has 0 amide bonds. The molecule has 0 aliphatic rings. The average molecular weight is 272 g/mol. The zero-order valence-electron chi connectivity index (χ0n) is 11.7. The highest BCUT2D eigenvalue weighted by atomic mass is 35.5. The van der Waals surface area contributed by atoms with Gasteiger partial charge in [-0.3, -0.25) is 0 Å². The highest BCUT2D eigenvalue weighted by Crippen LogP contribution is 2.29. The summed E-state index contributed by atoms with van der Waals surface area (Å²) in [5.41, 5.74) is 1.20. The van der Waals surface area contributed by atoms with Crippen molar-refractivity contribution in [2.24, 2.45) is 11.3 Å². The summed E-state index contributed by atoms with van der Waals surface area (Å²) in [5, 5.41) is 3.57. The lowest BCUT2D eigenvalue weighted by atomic mass is 9.77. The Bertz CT molecular complexity index is 385. The highest BCUT2D eigenvalue weighted by Gasteiger charge is 2.24. The van der Waals surface area contributed by atoms with Crippen molar-refractivity contribution < 1.29 is 4.39 Å². The maximum Gasteiger partial charge on any atom is 0.142 e. The average Bonchev–Trinajstić information content (AvgIpc) is 2.27. The van der Waals surface area contributed by atoms with Crippen LogP contribution in [0, 0.1) is 17.2 Å². The number of nitrogens with one attached hydrogen (secondary N) is 1. The first-order valence-electron chi connectivity index (χ1n) is 6.49. The molecule has 1 aromatic carbocycles. The largest absolute Gasteiger partial charge is 0.317 e. The Kier molecular flexibility index (Phi) is 5.61. The second-order valence-electron chi connectivity index (χ2n) is 5.82. The summed E-state index contributed by atoms with van der Waals surface area (Å²) in [7, 11) is 0. The summed E-state index contributed by atoms with van der Waals surface area (Å²) in [6.07, 6.45) is 0.866. The summed E-state index contributed by atoms with van der Waals surface area (Å²) >= 11 is 5.70. The number of hydrogen-bond donors (Lipinski definition) is 1. The molecular formula is C15H23ClFN. The van der Waals surface area contributed by atoms with Crippen LogP contribution < -0.4 is 5.32 Å². The van der Waals surface area contributed by atoms with E-state index in [1.165, 1.54) is 0 Å². The standard InChI is InChI=1S/C15H23ClFN/c1-5-18-10-12(15(2,3)4)8-11-6-7-13(16)14(17)9-11/h6-7,9,12,18H,5,8,10H2,1-4H3. The molecule has 1 atom stereocenters. The van der Waals surface area contributed by atoms with Crippen molar-refractivity contribution in [1.82, 2.24) is 5.32 Å². The van der Waals surface area contributed by atoms with E-state index in [2.05, 4.69) is 33.0 Å². The number of halogens is 2. The molecule has 0 aliphatic carbocycles. The third-order valence-electron chi connectivity index (χ3n) is 3.33. The molecule has 0 saturated carbocycles. The van der Waals surface area contributed by atoms with Crippen LogP contribution in [0.4, 0.5) is 4.39 Å². The van der Waals surface area contributed by atoms with Crippen LogP contribution in [0.2, 0.25) is 5.02 Å². The number of rotatable bonds is 5. The van der Waals surface area contributed by atoms with Crippen LogP contribution >= 0.6 is 11.6 Å². The second kappa shape index (κ2) is 6.53. The topological polar surface area (TPSA) is 12.0 Å². The molecule has 0 radical (unpaired) electrons. The van der Waals surface area contributed by atoms with Crippen LogP contribution in [-0.4, -0.2) is 13.1 Å². The zero-order chi connectivity index (χ0) is 13.8. The first kappa shape index (κ1) is 15.5. The molecule has 1 N–H and O–H groups in total. The predicted molar refractivity (Wildman–Crippen MR) is 76.6 cm³/mol. The van der Waals surface area contributed by atoms with Gasteiger partial charge in [0.2, 0.25) is 0 Å². The smallest absolute Gasteiger partial charge is 0.142 e. The van der Waals surface area contributed by atoms with E-state index in [9.17, 15) is 4.39 Å². The van der Waals surface area contributed by atoms with E-state index in [1.807, 2.05) is 6.07 Å². The molecule has 3 heteroatoms. The van der Waals surface area contributed by atoms with Crippen molar-refractivity contribution in [3.63, 3.8) is 0 Å². The maximum absolute atomic E-state index is 13.4. The van der Waals surface area contributed by atoms with Crippen molar-refractivity contribution in [1.29, 1.82) is 0 Å². The van der Waals surface area contributed by atoms with E-state index in [-0.39, 0.29) is 16.3 Å². The summed E-state index contributed by atoms with van der Waals surface area (Å²) in [4.78, 5) is 0. The molecule has 1 nitrogen and oxygen atoms in total. The first-order valence-corrected chi connectivity index (χ1v) is 6.87. The predicted octanol–water partition coefficient (Wildman–Crippen LogP) is 4.29. The van der Waals surface area contributed by atoms with Crippen LogP contribution in [0.1, 0.15) is 33.3 Å². The van der Waals surface area contributed by atoms with Gasteiger partial charge in [-0.05, 0) is 48.5 Å². The minimum Gasteiger partial charge on any atom is -0.317 e. The Balaban J connectivity index is 2.79. The maximum atomic E-state index is 13.4. The van der Waals surface area contributed by atoms with Gasteiger partial charge < -0.3 is 5.32 Å². The van der Waals surface area contributed by atoms with Crippen molar-refractivity contribution in [3.05, 3.63) is 34.6 Å². The summed E-state index contributed by atoms with van der Waals surface area (Å²) in [6.45, 7) is 10.7. The quantitative estimate of drug-likeness (QED) is 0.842. The molecule has 0 fully saturated rings. The third-order valence-corrected chi connectivity index (χ3v) is 3.64. The number of hydrogen-bond acceptors (Lipinski definition) is 1. The van der Waals surface area contributed by atoms with Gasteiger partial charge in [0.15, 0.2) is 0 Å². The SMILES string of the molecule is CCNCC(Cc1ccc(Cl)c(F)c1)C(C)(C)C. The van der Waals surface area contributed by atoms with E-state index in [0.29, 0.717) is 5.92 Å². The third kappa shape index (κ3) is 4.58. The van der Waals surface area contributed by atoms with Crippen LogP contribution in [0.15, 0.2) is 18.2 Å². The summed E-state index contributed by atoms with van der Waals surface area (Å²) in [6, 6.07) is 5.10. The van der Waals surface area contributed by atoms with Crippen LogP contribution in [0.25, 0.3) is 0 Å². The number of benzene rings is 1. The molecule has 0 aliphatic heterocycles. The van der Waals surface area contributed by atoms with Gasteiger partial charge in [-0.15, -0.1) is 0 Å². The van der Waals surface area contributed by atoms with Gasteiger partial charge >= 0.3 is 0 Å². The van der Waals surface area contributed by atoms with Crippen molar-refractivity contribution in [2.45, 2.75) is 34.1 Å². The Morgan fingerprint density at radius 3 is 2.50 bits per heavy atom. The zero-order valence-corrected chi connectivity index (χ0v) is 12.4. The molecule has 102 valence electrons. The van der Waals surface area contributed by atoms with Gasteiger partial charge in [0.25, 0.3) is 0 Å². The lowest BCUT2D eigenvalue weighted by molar-refractivity contribution is 0.232. The van der Waals surface area contributed by atoms with Crippen molar-refractivity contribution >= 4 is 11.6 Å². The summed E-state index contributed by atoms with van der Waals surface area (Å²) in [5.74, 6) is 0.142. The molecule has 1 unspecified atom stereocenters. The highest BCUT2D eigenvalue weighted by molar-refractivity contribution is 6.30. The van der Waals surface area contributed by atoms with Gasteiger partial charge in [0.05, 0.1) is 5.02 Å². The minimum atomic E-state index is -0.328. The lowest BCUT2D eigenvalue weighted by Crippen LogP contribution is -2.33. The van der Waals surface area contributed by atoms with Crippen LogP contribution in [0.5, 0.6) is 0 Å². The Morgan fingerprint density at radius 1 is 1.33 bits per heavy atom. The molecular weight excluding hydrogens is 249 g/mol. The fourth-order valence-corrected chi connectivity index (χ4v) is 2.07. The molecule has 1 rings (SSSR count). The molecule has 0 bridgehead atoms. The van der Waals surface area contributed by atoms with Crippen LogP contribution in [0.3, 0.4) is 0 Å². The van der Waals surface area contributed by atoms with Crippen molar-refractivity contribution in [3.8, 4) is 0 Å². The van der Waals surface area contributed by atoms with Gasteiger partial charge in [-0.25, -0.2) is 4.39 Å². The monoisotopic (exact) mass is 271 g/mol. The molecule has 1 aromatic rings. The Labute approximate surface area is 115 Å². The fourth-order valence-electron chi connectivity index (χ4n) is 1.95.